The number of carbonyl (C=O) groups is 3. The average Bonchev–Trinajstić information content (AvgIpc) is 3.55. The van der Waals surface area contributed by atoms with Gasteiger partial charge in [0.05, 0.1) is 29.0 Å². The van der Waals surface area contributed by atoms with Crippen molar-refractivity contribution < 1.29 is 23.9 Å². The molecule has 0 spiro atoms. The van der Waals surface area contributed by atoms with Crippen molar-refractivity contribution in [1.82, 2.24) is 30.1 Å². The Morgan fingerprint density at radius 3 is 2.76 bits per heavy atom. The largest absolute Gasteiger partial charge is 0.506 e. The molecule has 0 radical (unpaired) electrons. The third kappa shape index (κ3) is 6.09. The van der Waals surface area contributed by atoms with Gasteiger partial charge in [-0.1, -0.05) is 47.8 Å². The van der Waals surface area contributed by atoms with E-state index in [1.807, 2.05) is 32.0 Å². The first kappa shape index (κ1) is 31.3. The number of fused-ring (bicyclic) bond motifs is 2. The Morgan fingerprint density at radius 1 is 1.24 bits per heavy atom. The molecule has 0 bridgehead atoms. The van der Waals surface area contributed by atoms with Gasteiger partial charge in [-0.05, 0) is 48.7 Å². The van der Waals surface area contributed by atoms with E-state index in [-0.39, 0.29) is 68.3 Å². The molecule has 2 fully saturated rings. The van der Waals surface area contributed by atoms with Crippen LogP contribution in [0.15, 0.2) is 60.2 Å². The number of alkyl halides is 1. The van der Waals surface area contributed by atoms with Crippen molar-refractivity contribution in [2.75, 3.05) is 31.1 Å². The van der Waals surface area contributed by atoms with Gasteiger partial charge in [-0.3, -0.25) is 14.6 Å². The van der Waals surface area contributed by atoms with Crippen LogP contribution < -0.4 is 16.8 Å². The summed E-state index contributed by atoms with van der Waals surface area (Å²) in [4.78, 5) is 49.4. The standard InChI is InChI=1S/C32H37FN8O4S/c1-18(2)41(32(45)36-14-19-6-9-22(33)10-7-19)39-17-28(43)40-24(13-20-8-11-25(42)23(34)12-20)30(44)38(16-27(39)40)15-21-4-3-5-26-29(21)37-31(35)46-26/h3-9,11-12,18,22,24,27,42H,10,13-17,34H2,1-2H3,(H2,35,37)(H,36,45)/t22?,24-,27+/m0/s1. The van der Waals surface area contributed by atoms with E-state index in [0.717, 1.165) is 21.4 Å². The van der Waals surface area contributed by atoms with Gasteiger partial charge in [0.2, 0.25) is 11.8 Å². The lowest BCUT2D eigenvalue weighted by Crippen LogP contribution is -2.66. The molecule has 242 valence electrons. The second-order valence-electron chi connectivity index (χ2n) is 12.0. The summed E-state index contributed by atoms with van der Waals surface area (Å²) < 4.78 is 14.5. The number of amides is 4. The van der Waals surface area contributed by atoms with Crippen LogP contribution in [0.1, 0.15) is 31.4 Å². The zero-order valence-corrected chi connectivity index (χ0v) is 26.4. The number of urea groups is 1. The Hall–Kier alpha value is -4.69. The zero-order valence-electron chi connectivity index (χ0n) is 25.6. The number of benzene rings is 2. The number of anilines is 2. The Balaban J connectivity index is 1.31. The van der Waals surface area contributed by atoms with Crippen LogP contribution in [0.2, 0.25) is 0 Å². The number of nitrogens with two attached hydrogens (primary N) is 2. The number of carbonyl (C=O) groups excluding carboxylic acids is 3. The summed E-state index contributed by atoms with van der Waals surface area (Å²) >= 11 is 1.37. The number of nitrogens with one attached hydrogen (secondary N) is 1. The molecule has 0 saturated carbocycles. The van der Waals surface area contributed by atoms with Crippen molar-refractivity contribution in [2.45, 2.75) is 57.7 Å². The number of nitrogen functional groups attached to an aromatic ring is 2. The highest BCUT2D eigenvalue weighted by atomic mass is 32.1. The molecule has 1 unspecified atom stereocenters. The lowest BCUT2D eigenvalue weighted by Gasteiger charge is -2.47. The number of rotatable bonds is 8. The summed E-state index contributed by atoms with van der Waals surface area (Å²) in [5.41, 5.74) is 15.2. The second-order valence-corrected chi connectivity index (χ2v) is 13.1. The normalized spacial score (nSPS) is 21.7. The van der Waals surface area contributed by atoms with E-state index >= 15 is 0 Å². The number of aromatic hydroxyl groups is 1. The van der Waals surface area contributed by atoms with Crippen molar-refractivity contribution in [3.63, 3.8) is 0 Å². The maximum atomic E-state index is 14.2. The second kappa shape index (κ2) is 12.6. The number of aromatic nitrogens is 1. The molecule has 3 atom stereocenters. The van der Waals surface area contributed by atoms with E-state index in [9.17, 15) is 23.9 Å². The lowest BCUT2D eigenvalue weighted by atomic mass is 9.99. The van der Waals surface area contributed by atoms with Gasteiger partial charge in [-0.25, -0.2) is 14.2 Å². The highest BCUT2D eigenvalue weighted by Crippen LogP contribution is 2.33. The van der Waals surface area contributed by atoms with E-state index in [2.05, 4.69) is 10.3 Å². The third-order valence-electron chi connectivity index (χ3n) is 8.51. The fourth-order valence-electron chi connectivity index (χ4n) is 6.35. The van der Waals surface area contributed by atoms with Crippen LogP contribution in [0.3, 0.4) is 0 Å². The van der Waals surface area contributed by atoms with Gasteiger partial charge >= 0.3 is 6.03 Å². The fourth-order valence-corrected chi connectivity index (χ4v) is 7.13. The molecule has 12 nitrogen and oxygen atoms in total. The maximum absolute atomic E-state index is 14.2. The topological polar surface area (TPSA) is 161 Å². The minimum absolute atomic E-state index is 0.0696. The van der Waals surface area contributed by atoms with Crippen LogP contribution in [-0.2, 0) is 22.6 Å². The van der Waals surface area contributed by atoms with Crippen molar-refractivity contribution >= 4 is 50.2 Å². The number of phenolic OH excluding ortho intramolecular Hbond substituents is 1. The van der Waals surface area contributed by atoms with E-state index in [0.29, 0.717) is 10.7 Å². The molecule has 2 aliphatic heterocycles. The molecule has 1 aromatic heterocycles. The maximum Gasteiger partial charge on any atom is 0.332 e. The van der Waals surface area contributed by atoms with E-state index in [1.165, 1.54) is 28.5 Å². The van der Waals surface area contributed by atoms with Crippen LogP contribution in [0, 0.1) is 0 Å². The van der Waals surface area contributed by atoms with Gasteiger partial charge < -0.3 is 31.7 Å². The number of para-hydroxylation sites is 1. The number of piperazine rings is 1. The van der Waals surface area contributed by atoms with Gasteiger partial charge in [0.1, 0.15) is 24.1 Å². The van der Waals surface area contributed by atoms with Crippen molar-refractivity contribution in [3.8, 4) is 5.75 Å². The zero-order chi connectivity index (χ0) is 32.7. The summed E-state index contributed by atoms with van der Waals surface area (Å²) in [5, 5.41) is 16.6. The lowest BCUT2D eigenvalue weighted by molar-refractivity contribution is -0.158. The number of hydrazine groups is 1. The molecule has 14 heteroatoms. The van der Waals surface area contributed by atoms with Gasteiger partial charge in [0.25, 0.3) is 0 Å². The summed E-state index contributed by atoms with van der Waals surface area (Å²) in [5.74, 6) is -0.601. The average molecular weight is 649 g/mol. The summed E-state index contributed by atoms with van der Waals surface area (Å²) in [6, 6.07) is 8.85. The smallest absolute Gasteiger partial charge is 0.332 e. The minimum atomic E-state index is -1.03. The number of phenols is 1. The number of thiazole rings is 1. The monoisotopic (exact) mass is 648 g/mol. The van der Waals surface area contributed by atoms with Gasteiger partial charge in [0.15, 0.2) is 5.13 Å². The van der Waals surface area contributed by atoms with Crippen molar-refractivity contribution in [2.24, 2.45) is 0 Å². The third-order valence-corrected chi connectivity index (χ3v) is 9.36. The van der Waals surface area contributed by atoms with Crippen LogP contribution in [0.25, 0.3) is 10.2 Å². The van der Waals surface area contributed by atoms with Crippen molar-refractivity contribution in [3.05, 3.63) is 71.3 Å². The molecular formula is C32H37FN8O4S. The predicted octanol–water partition coefficient (Wildman–Crippen LogP) is 3.15. The minimum Gasteiger partial charge on any atom is -0.506 e. The van der Waals surface area contributed by atoms with Gasteiger partial charge in [-0.15, -0.1) is 0 Å². The van der Waals surface area contributed by atoms with Crippen LogP contribution in [0.5, 0.6) is 5.75 Å². The summed E-state index contributed by atoms with van der Waals surface area (Å²) in [6.45, 7) is 4.20. The molecule has 2 aromatic carbocycles. The SMILES string of the molecule is CC(C)N(C(=O)NCC1=CCC(F)C=C1)N1CC(=O)N2[C@@H](Cc3ccc(O)c(N)c3)C(=O)N(Cc3cccc4sc(N)nc34)C[C@@H]21. The first-order valence-electron chi connectivity index (χ1n) is 15.2. The van der Waals surface area contributed by atoms with E-state index < -0.39 is 24.4 Å². The first-order chi connectivity index (χ1) is 22.0. The molecule has 4 amide bonds. The Bertz CT molecular complexity index is 1740. The molecule has 1 aliphatic carbocycles. The molecule has 3 aliphatic rings. The Kier molecular flexibility index (Phi) is 8.57. The molecule has 46 heavy (non-hydrogen) atoms. The predicted molar refractivity (Wildman–Crippen MR) is 174 cm³/mol. The molecular weight excluding hydrogens is 611 g/mol. The Morgan fingerprint density at radius 2 is 2.04 bits per heavy atom. The highest BCUT2D eigenvalue weighted by Gasteiger charge is 2.52. The Labute approximate surface area is 269 Å². The van der Waals surface area contributed by atoms with E-state index in [4.69, 9.17) is 11.5 Å². The summed E-state index contributed by atoms with van der Waals surface area (Å²) in [7, 11) is 0. The first-order valence-corrected chi connectivity index (χ1v) is 16.0. The number of halogens is 1. The van der Waals surface area contributed by atoms with E-state index in [1.54, 1.807) is 39.1 Å². The molecule has 3 aromatic rings. The van der Waals surface area contributed by atoms with Crippen LogP contribution in [-0.4, -0.2) is 91.8 Å². The quantitative estimate of drug-likeness (QED) is 0.214. The molecule has 6 N–H and O–H groups in total. The number of allylic oxidation sites excluding steroid dienone is 2. The number of nitrogens with zero attached hydrogens (tertiary/aromatic N) is 5. The van der Waals surface area contributed by atoms with Crippen molar-refractivity contribution in [1.29, 1.82) is 0 Å². The van der Waals surface area contributed by atoms with Crippen LogP contribution >= 0.6 is 11.3 Å². The van der Waals surface area contributed by atoms with Gasteiger partial charge in [0, 0.05) is 32.0 Å². The summed E-state index contributed by atoms with van der Waals surface area (Å²) in [6.07, 6.45) is 3.63. The fraction of sp³-hybridized carbons (Fsp3) is 0.375. The van der Waals surface area contributed by atoms with Gasteiger partial charge in [-0.2, -0.15) is 5.01 Å². The van der Waals surface area contributed by atoms with Crippen LogP contribution in [0.4, 0.5) is 20.0 Å². The number of hydrogen-bond acceptors (Lipinski definition) is 9. The molecule has 3 heterocycles. The number of hydrogen-bond donors (Lipinski definition) is 4. The molecule has 6 rings (SSSR count). The highest BCUT2D eigenvalue weighted by molar-refractivity contribution is 7.22. The molecule has 2 saturated heterocycles.